The average Bonchev–Trinajstić information content (AvgIpc) is 3.08. The first-order chi connectivity index (χ1) is 14.4. The number of fused-ring (bicyclic) bond motifs is 1. The summed E-state index contributed by atoms with van der Waals surface area (Å²) in [4.78, 5) is 26.3. The van der Waals surface area contributed by atoms with Gasteiger partial charge >= 0.3 is 5.97 Å². The van der Waals surface area contributed by atoms with Gasteiger partial charge in [0.15, 0.2) is 6.61 Å². The van der Waals surface area contributed by atoms with Crippen LogP contribution in [0.25, 0.3) is 11.0 Å². The van der Waals surface area contributed by atoms with Crippen LogP contribution in [0.2, 0.25) is 0 Å². The third-order valence-electron chi connectivity index (χ3n) is 4.71. The number of hydrogen-bond donors (Lipinski definition) is 0. The summed E-state index contributed by atoms with van der Waals surface area (Å²) >= 11 is 0. The Kier molecular flexibility index (Phi) is 6.61. The fraction of sp³-hybridized carbons (Fsp3) is 0.304. The van der Waals surface area contributed by atoms with Crippen LogP contribution < -0.4 is 9.47 Å². The molecule has 3 aromatic rings. The van der Waals surface area contributed by atoms with Gasteiger partial charge in [-0.05, 0) is 49.7 Å². The van der Waals surface area contributed by atoms with Crippen molar-refractivity contribution in [2.75, 3.05) is 27.4 Å². The molecule has 0 spiro atoms. The lowest BCUT2D eigenvalue weighted by Gasteiger charge is -2.17. The lowest BCUT2D eigenvalue weighted by atomic mass is 10.1. The van der Waals surface area contributed by atoms with E-state index in [0.29, 0.717) is 35.8 Å². The van der Waals surface area contributed by atoms with Crippen molar-refractivity contribution in [3.63, 3.8) is 0 Å². The van der Waals surface area contributed by atoms with E-state index in [1.54, 1.807) is 33.2 Å². The summed E-state index contributed by atoms with van der Waals surface area (Å²) in [6.45, 7) is 4.21. The summed E-state index contributed by atoms with van der Waals surface area (Å²) in [5.41, 5.74) is 2.12. The van der Waals surface area contributed by atoms with E-state index < -0.39 is 5.97 Å². The number of carbonyl (C=O) groups excluding carboxylic acids is 2. The van der Waals surface area contributed by atoms with E-state index in [1.165, 1.54) is 4.90 Å². The summed E-state index contributed by atoms with van der Waals surface area (Å²) in [7, 11) is 3.24. The summed E-state index contributed by atoms with van der Waals surface area (Å²) in [5.74, 6) is 0.501. The van der Waals surface area contributed by atoms with Gasteiger partial charge in [0.05, 0.1) is 13.7 Å². The molecule has 0 N–H and O–H groups in total. The molecule has 0 unspecified atom stereocenters. The topological polar surface area (TPSA) is 78.2 Å². The number of likely N-dealkylation sites (N-methyl/N-ethyl adjacent to an activating group) is 1. The third-order valence-corrected chi connectivity index (χ3v) is 4.71. The maximum Gasteiger partial charge on any atom is 0.375 e. The van der Waals surface area contributed by atoms with E-state index in [-0.39, 0.29) is 18.3 Å². The number of amides is 1. The van der Waals surface area contributed by atoms with Crippen LogP contribution in [0.3, 0.4) is 0 Å². The normalized spacial score (nSPS) is 10.7. The molecule has 158 valence electrons. The second kappa shape index (κ2) is 9.35. The van der Waals surface area contributed by atoms with Crippen LogP contribution >= 0.6 is 0 Å². The molecule has 1 aromatic heterocycles. The average molecular weight is 411 g/mol. The number of aryl methyl sites for hydroxylation is 1. The van der Waals surface area contributed by atoms with Gasteiger partial charge in [-0.15, -0.1) is 0 Å². The van der Waals surface area contributed by atoms with Gasteiger partial charge in [-0.2, -0.15) is 0 Å². The van der Waals surface area contributed by atoms with Crippen LogP contribution in [-0.4, -0.2) is 44.1 Å². The van der Waals surface area contributed by atoms with Gasteiger partial charge in [0, 0.05) is 24.5 Å². The van der Waals surface area contributed by atoms with Crippen molar-refractivity contribution in [1.29, 1.82) is 0 Å². The Labute approximate surface area is 175 Å². The summed E-state index contributed by atoms with van der Waals surface area (Å²) in [5, 5.41) is 0.773. The highest BCUT2D eigenvalue weighted by Crippen LogP contribution is 2.29. The maximum atomic E-state index is 12.5. The molecule has 0 aliphatic rings. The molecule has 3 rings (SSSR count). The first-order valence-electron chi connectivity index (χ1n) is 9.63. The molecule has 0 aliphatic carbocycles. The molecule has 1 heterocycles. The minimum atomic E-state index is -0.676. The minimum absolute atomic E-state index is 0.0851. The van der Waals surface area contributed by atoms with Gasteiger partial charge in [-0.25, -0.2) is 4.79 Å². The number of rotatable bonds is 8. The maximum absolute atomic E-state index is 12.5. The number of ether oxygens (including phenoxy) is 3. The van der Waals surface area contributed by atoms with Gasteiger partial charge in [0.25, 0.3) is 5.91 Å². The van der Waals surface area contributed by atoms with Gasteiger partial charge in [0.1, 0.15) is 17.1 Å². The lowest BCUT2D eigenvalue weighted by Crippen LogP contribution is -2.30. The third kappa shape index (κ3) is 4.74. The van der Waals surface area contributed by atoms with Crippen LogP contribution in [0.4, 0.5) is 0 Å². The van der Waals surface area contributed by atoms with Gasteiger partial charge in [0.2, 0.25) is 5.76 Å². The monoisotopic (exact) mass is 411 g/mol. The minimum Gasteiger partial charge on any atom is -0.497 e. The van der Waals surface area contributed by atoms with Gasteiger partial charge < -0.3 is 23.5 Å². The number of furan rings is 1. The largest absolute Gasteiger partial charge is 0.497 e. The second-order valence-electron chi connectivity index (χ2n) is 6.82. The molecule has 0 fully saturated rings. The standard InChI is InChI=1S/C23H25NO6/c1-5-28-18-9-10-20-19(12-18)15(2)22(30-20)23(26)29-14-21(25)24(3)13-16-7-6-8-17(11-16)27-4/h6-12H,5,13-14H2,1-4H3. The molecule has 0 radical (unpaired) electrons. The Balaban J connectivity index is 1.63. The van der Waals surface area contributed by atoms with E-state index in [0.717, 1.165) is 10.9 Å². The van der Waals surface area contributed by atoms with Crippen molar-refractivity contribution in [3.05, 3.63) is 59.4 Å². The molecule has 0 bridgehead atoms. The van der Waals surface area contributed by atoms with E-state index in [9.17, 15) is 9.59 Å². The van der Waals surface area contributed by atoms with Crippen LogP contribution in [0.1, 0.15) is 28.6 Å². The van der Waals surface area contributed by atoms with Crippen LogP contribution in [0.15, 0.2) is 46.9 Å². The number of carbonyl (C=O) groups is 2. The molecule has 30 heavy (non-hydrogen) atoms. The molecule has 0 saturated carbocycles. The molecule has 0 aliphatic heterocycles. The number of esters is 1. The molecular weight excluding hydrogens is 386 g/mol. The van der Waals surface area contributed by atoms with E-state index >= 15 is 0 Å². The summed E-state index contributed by atoms with van der Waals surface area (Å²) in [6.07, 6.45) is 0. The summed E-state index contributed by atoms with van der Waals surface area (Å²) < 4.78 is 21.5. The number of benzene rings is 2. The fourth-order valence-electron chi connectivity index (χ4n) is 3.09. The highest BCUT2D eigenvalue weighted by Gasteiger charge is 2.21. The zero-order valence-corrected chi connectivity index (χ0v) is 17.6. The van der Waals surface area contributed by atoms with Crippen LogP contribution in [0, 0.1) is 6.92 Å². The van der Waals surface area contributed by atoms with Crippen molar-refractivity contribution in [2.45, 2.75) is 20.4 Å². The smallest absolute Gasteiger partial charge is 0.375 e. The first kappa shape index (κ1) is 21.2. The quantitative estimate of drug-likeness (QED) is 0.522. The first-order valence-corrected chi connectivity index (χ1v) is 9.63. The molecule has 0 saturated heterocycles. The van der Waals surface area contributed by atoms with E-state index in [2.05, 4.69) is 0 Å². The van der Waals surface area contributed by atoms with Crippen molar-refractivity contribution < 1.29 is 28.2 Å². The van der Waals surface area contributed by atoms with Crippen molar-refractivity contribution in [3.8, 4) is 11.5 Å². The van der Waals surface area contributed by atoms with E-state index in [4.69, 9.17) is 18.6 Å². The highest BCUT2D eigenvalue weighted by molar-refractivity contribution is 5.97. The number of hydrogen-bond acceptors (Lipinski definition) is 6. The Morgan fingerprint density at radius 1 is 1.10 bits per heavy atom. The molecule has 7 nitrogen and oxygen atoms in total. The van der Waals surface area contributed by atoms with Gasteiger partial charge in [-0.1, -0.05) is 12.1 Å². The summed E-state index contributed by atoms with van der Waals surface area (Å²) in [6, 6.07) is 12.8. The molecular formula is C23H25NO6. The van der Waals surface area contributed by atoms with Crippen LogP contribution in [0.5, 0.6) is 11.5 Å². The zero-order valence-electron chi connectivity index (χ0n) is 17.6. The zero-order chi connectivity index (χ0) is 21.7. The SMILES string of the molecule is CCOc1ccc2oc(C(=O)OCC(=O)N(C)Cc3cccc(OC)c3)c(C)c2c1. The molecule has 7 heteroatoms. The number of methoxy groups -OCH3 is 1. The molecule has 2 aromatic carbocycles. The number of nitrogens with zero attached hydrogens (tertiary/aromatic N) is 1. The predicted octanol–water partition coefficient (Wildman–Crippen LogP) is 3.96. The fourth-order valence-corrected chi connectivity index (χ4v) is 3.09. The Bertz CT molecular complexity index is 1060. The van der Waals surface area contributed by atoms with Crippen molar-refractivity contribution in [2.24, 2.45) is 0 Å². The second-order valence-corrected chi connectivity index (χ2v) is 6.82. The molecule has 0 atom stereocenters. The Morgan fingerprint density at radius 3 is 2.63 bits per heavy atom. The van der Waals surface area contributed by atoms with Crippen molar-refractivity contribution >= 4 is 22.8 Å². The predicted molar refractivity (Wildman–Crippen MR) is 112 cm³/mol. The van der Waals surface area contributed by atoms with Gasteiger partial charge in [-0.3, -0.25) is 4.79 Å². The molecule has 1 amide bonds. The van der Waals surface area contributed by atoms with Crippen molar-refractivity contribution in [1.82, 2.24) is 4.90 Å². The van der Waals surface area contributed by atoms with E-state index in [1.807, 2.05) is 37.3 Å². The lowest BCUT2D eigenvalue weighted by molar-refractivity contribution is -0.133. The highest BCUT2D eigenvalue weighted by atomic mass is 16.5. The Hall–Kier alpha value is -3.48. The van der Waals surface area contributed by atoms with Crippen LogP contribution in [-0.2, 0) is 16.1 Å². The Morgan fingerprint density at radius 2 is 1.90 bits per heavy atom.